The summed E-state index contributed by atoms with van der Waals surface area (Å²) in [5, 5.41) is 11.7. The van der Waals surface area contributed by atoms with Crippen molar-refractivity contribution in [2.24, 2.45) is 0 Å². The molecule has 3 rings (SSSR count). The second-order valence-electron chi connectivity index (χ2n) is 6.53. The quantitative estimate of drug-likeness (QED) is 0.522. The fourth-order valence-electron chi connectivity index (χ4n) is 2.96. The predicted molar refractivity (Wildman–Crippen MR) is 118 cm³/mol. The molecule has 2 aromatic carbocycles. The van der Waals surface area contributed by atoms with Crippen LogP contribution in [0.1, 0.15) is 29.4 Å². The second-order valence-corrected chi connectivity index (χ2v) is 7.35. The molecule has 0 saturated heterocycles. The van der Waals surface area contributed by atoms with Crippen molar-refractivity contribution in [2.45, 2.75) is 33.7 Å². The molecule has 0 aliphatic rings. The molecule has 0 amide bonds. The van der Waals surface area contributed by atoms with Crippen LogP contribution in [0.5, 0.6) is 0 Å². The van der Waals surface area contributed by atoms with Gasteiger partial charge in [0.1, 0.15) is 5.82 Å². The Hall–Kier alpha value is -2.44. The van der Waals surface area contributed by atoms with Gasteiger partial charge in [0, 0.05) is 16.3 Å². The molecule has 4 nitrogen and oxygen atoms in total. The van der Waals surface area contributed by atoms with Crippen molar-refractivity contribution in [2.75, 3.05) is 10.6 Å². The number of hydrogen-bond donors (Lipinski definition) is 2. The molecular weight excluding hydrogens is 395 g/mol. The Bertz CT molecular complexity index is 978. The number of benzene rings is 2. The number of halogens is 2. The van der Waals surface area contributed by atoms with Crippen LogP contribution in [-0.4, -0.2) is 14.9 Å². The Labute approximate surface area is 174 Å². The smallest absolute Gasteiger partial charge is 0.175 e. The van der Waals surface area contributed by atoms with E-state index in [0.717, 1.165) is 29.2 Å². The maximum atomic E-state index is 14.1. The van der Waals surface area contributed by atoms with E-state index in [-0.39, 0.29) is 12.4 Å². The van der Waals surface area contributed by atoms with Crippen LogP contribution in [0, 0.1) is 19.7 Å². The summed E-state index contributed by atoms with van der Waals surface area (Å²) >= 11 is 11.6. The van der Waals surface area contributed by atoms with Gasteiger partial charge in [0.05, 0.1) is 23.6 Å². The Balaban J connectivity index is 1.75. The van der Waals surface area contributed by atoms with Gasteiger partial charge in [-0.15, -0.1) is 0 Å². The minimum absolute atomic E-state index is 0.249. The fraction of sp³-hybridized carbons (Fsp3) is 0.238. The lowest BCUT2D eigenvalue weighted by molar-refractivity contribution is 0.579. The third kappa shape index (κ3) is 4.51. The van der Waals surface area contributed by atoms with Crippen LogP contribution in [0.2, 0.25) is 5.02 Å². The molecular formula is C21H22ClFN4S. The molecule has 2 N–H and O–H groups in total. The van der Waals surface area contributed by atoms with Crippen molar-refractivity contribution in [3.8, 4) is 0 Å². The lowest BCUT2D eigenvalue weighted by atomic mass is 10.1. The highest BCUT2D eigenvalue weighted by molar-refractivity contribution is 7.80. The Morgan fingerprint density at radius 2 is 1.86 bits per heavy atom. The van der Waals surface area contributed by atoms with Crippen LogP contribution in [0.15, 0.2) is 42.5 Å². The molecule has 7 heteroatoms. The van der Waals surface area contributed by atoms with Crippen LogP contribution in [0.3, 0.4) is 0 Å². The maximum absolute atomic E-state index is 14.1. The summed E-state index contributed by atoms with van der Waals surface area (Å²) in [5.41, 5.74) is 5.02. The van der Waals surface area contributed by atoms with Gasteiger partial charge in [-0.3, -0.25) is 4.68 Å². The van der Waals surface area contributed by atoms with Gasteiger partial charge in [0.15, 0.2) is 5.11 Å². The van der Waals surface area contributed by atoms with E-state index in [4.69, 9.17) is 23.8 Å². The average molecular weight is 417 g/mol. The van der Waals surface area contributed by atoms with E-state index in [1.165, 1.54) is 11.6 Å². The second kappa shape index (κ2) is 8.71. The Morgan fingerprint density at radius 3 is 2.50 bits per heavy atom. The molecule has 0 saturated carbocycles. The summed E-state index contributed by atoms with van der Waals surface area (Å²) < 4.78 is 15.8. The van der Waals surface area contributed by atoms with E-state index in [1.807, 2.05) is 26.0 Å². The zero-order chi connectivity index (χ0) is 20.3. The first-order chi connectivity index (χ1) is 13.4. The largest absolute Gasteiger partial charge is 0.332 e. The number of nitrogens with zero attached hydrogens (tertiary/aromatic N) is 2. The van der Waals surface area contributed by atoms with Crippen molar-refractivity contribution in [3.63, 3.8) is 0 Å². The standard InChI is InChI=1S/C21H22ClFN4S/c1-4-15-8-10-16(11-9-15)24-21(28)25-20-13(2)26-27(14(20)3)12-17-18(22)6-5-7-19(17)23/h5-11H,4,12H2,1-3H3,(H2,24,25,28). The summed E-state index contributed by atoms with van der Waals surface area (Å²) in [5.74, 6) is -0.345. The number of nitrogens with one attached hydrogen (secondary N) is 2. The first-order valence-corrected chi connectivity index (χ1v) is 9.81. The molecule has 0 radical (unpaired) electrons. The minimum atomic E-state index is -0.345. The number of rotatable bonds is 5. The van der Waals surface area contributed by atoms with Gasteiger partial charge in [-0.25, -0.2) is 4.39 Å². The molecule has 0 spiro atoms. The maximum Gasteiger partial charge on any atom is 0.175 e. The fourth-order valence-corrected chi connectivity index (χ4v) is 3.41. The topological polar surface area (TPSA) is 41.9 Å². The van der Waals surface area contributed by atoms with Crippen molar-refractivity contribution in [3.05, 3.63) is 75.8 Å². The molecule has 0 aliphatic heterocycles. The van der Waals surface area contributed by atoms with Gasteiger partial charge >= 0.3 is 0 Å². The SMILES string of the molecule is CCc1ccc(NC(=S)Nc2c(C)nn(Cc3c(F)cccc3Cl)c2C)cc1. The lowest BCUT2D eigenvalue weighted by Crippen LogP contribution is -2.20. The zero-order valence-corrected chi connectivity index (χ0v) is 17.6. The molecule has 0 bridgehead atoms. The van der Waals surface area contributed by atoms with Gasteiger partial charge in [0.2, 0.25) is 0 Å². The van der Waals surface area contributed by atoms with E-state index < -0.39 is 0 Å². The highest BCUT2D eigenvalue weighted by Gasteiger charge is 2.16. The summed E-state index contributed by atoms with van der Waals surface area (Å²) in [6.45, 7) is 6.16. The number of anilines is 2. The van der Waals surface area contributed by atoms with Crippen LogP contribution >= 0.6 is 23.8 Å². The third-order valence-electron chi connectivity index (χ3n) is 4.61. The van der Waals surface area contributed by atoms with Crippen LogP contribution in [0.4, 0.5) is 15.8 Å². The number of thiocarbonyl (C=S) groups is 1. The minimum Gasteiger partial charge on any atom is -0.332 e. The van der Waals surface area contributed by atoms with Gasteiger partial charge in [-0.2, -0.15) is 5.10 Å². The van der Waals surface area contributed by atoms with Gasteiger partial charge < -0.3 is 10.6 Å². The molecule has 146 valence electrons. The summed E-state index contributed by atoms with van der Waals surface area (Å²) in [6.07, 6.45) is 0.993. The van der Waals surface area contributed by atoms with Crippen LogP contribution in [0.25, 0.3) is 0 Å². The highest BCUT2D eigenvalue weighted by Crippen LogP contribution is 2.24. The number of hydrogen-bond acceptors (Lipinski definition) is 2. The van der Waals surface area contributed by atoms with E-state index in [2.05, 4.69) is 34.8 Å². The van der Waals surface area contributed by atoms with Crippen LogP contribution in [-0.2, 0) is 13.0 Å². The molecule has 28 heavy (non-hydrogen) atoms. The first-order valence-electron chi connectivity index (χ1n) is 9.03. The predicted octanol–water partition coefficient (Wildman–Crippen LogP) is 5.71. The van der Waals surface area contributed by atoms with Crippen molar-refractivity contribution in [1.29, 1.82) is 0 Å². The summed E-state index contributed by atoms with van der Waals surface area (Å²) in [4.78, 5) is 0. The first kappa shape index (κ1) is 20.3. The number of aryl methyl sites for hydroxylation is 2. The van der Waals surface area contributed by atoms with Gasteiger partial charge in [0.25, 0.3) is 0 Å². The molecule has 0 unspecified atom stereocenters. The third-order valence-corrected chi connectivity index (χ3v) is 5.17. The molecule has 3 aromatic rings. The highest BCUT2D eigenvalue weighted by atomic mass is 35.5. The Morgan fingerprint density at radius 1 is 1.14 bits per heavy atom. The monoisotopic (exact) mass is 416 g/mol. The lowest BCUT2D eigenvalue weighted by Gasteiger charge is -2.12. The van der Waals surface area contributed by atoms with Gasteiger partial charge in [-0.1, -0.05) is 36.7 Å². The normalized spacial score (nSPS) is 10.8. The zero-order valence-electron chi connectivity index (χ0n) is 16.0. The van der Waals surface area contributed by atoms with E-state index >= 15 is 0 Å². The summed E-state index contributed by atoms with van der Waals surface area (Å²) in [6, 6.07) is 12.8. The van der Waals surface area contributed by atoms with Crippen LogP contribution < -0.4 is 10.6 Å². The van der Waals surface area contributed by atoms with Crippen molar-refractivity contribution >= 4 is 40.3 Å². The van der Waals surface area contributed by atoms with Crippen molar-refractivity contribution in [1.82, 2.24) is 9.78 Å². The Kier molecular flexibility index (Phi) is 6.31. The summed E-state index contributed by atoms with van der Waals surface area (Å²) in [7, 11) is 0. The molecule has 0 atom stereocenters. The molecule has 1 aromatic heterocycles. The number of aromatic nitrogens is 2. The molecule has 1 heterocycles. The molecule has 0 fully saturated rings. The van der Waals surface area contributed by atoms with Crippen molar-refractivity contribution < 1.29 is 4.39 Å². The van der Waals surface area contributed by atoms with E-state index in [0.29, 0.717) is 15.7 Å². The average Bonchev–Trinajstić information content (AvgIpc) is 2.93. The van der Waals surface area contributed by atoms with Gasteiger partial charge in [-0.05, 0) is 62.3 Å². The molecule has 0 aliphatic carbocycles. The van der Waals surface area contributed by atoms with E-state index in [9.17, 15) is 4.39 Å². The van der Waals surface area contributed by atoms with E-state index in [1.54, 1.807) is 16.8 Å².